The van der Waals surface area contributed by atoms with E-state index in [1.165, 1.54) is 49.4 Å². The number of hydrogen-bond acceptors (Lipinski definition) is 9. The molecule has 0 heterocycles. The van der Waals surface area contributed by atoms with Gasteiger partial charge >= 0.3 is 17.9 Å². The van der Waals surface area contributed by atoms with Gasteiger partial charge in [0.2, 0.25) is 0 Å². The molecule has 0 aliphatic rings. The average Bonchev–Trinajstić information content (AvgIpc) is 3.05. The van der Waals surface area contributed by atoms with Crippen molar-refractivity contribution in [3.8, 4) is 28.7 Å². The van der Waals surface area contributed by atoms with E-state index < -0.39 is 23.8 Å². The van der Waals surface area contributed by atoms with Gasteiger partial charge in [0.25, 0.3) is 5.91 Å². The van der Waals surface area contributed by atoms with E-state index in [1.54, 1.807) is 48.5 Å². The fourth-order valence-corrected chi connectivity index (χ4v) is 4.23. The molecule has 0 atom stereocenters. The Morgan fingerprint density at radius 2 is 1.06 bits per heavy atom. The maximum atomic E-state index is 13.1. The van der Waals surface area contributed by atoms with Crippen molar-refractivity contribution in [1.82, 2.24) is 0 Å². The van der Waals surface area contributed by atoms with Crippen LogP contribution in [0.25, 0.3) is 0 Å². The van der Waals surface area contributed by atoms with Gasteiger partial charge in [-0.3, -0.25) is 9.59 Å². The lowest BCUT2D eigenvalue weighted by Gasteiger charge is -2.13. The van der Waals surface area contributed by atoms with E-state index in [-0.39, 0.29) is 39.6 Å². The van der Waals surface area contributed by atoms with Crippen LogP contribution in [0.4, 0.5) is 5.69 Å². The van der Waals surface area contributed by atoms with E-state index in [0.717, 1.165) is 25.7 Å². The molecule has 0 fully saturated rings. The number of rotatable bonds is 15. The Hall–Kier alpha value is -5.64. The summed E-state index contributed by atoms with van der Waals surface area (Å²) < 4.78 is 27.8. The van der Waals surface area contributed by atoms with Crippen LogP contribution in [0.5, 0.6) is 28.7 Å². The molecule has 0 unspecified atom stereocenters. The van der Waals surface area contributed by atoms with Gasteiger partial charge in [0.15, 0.2) is 0 Å². The number of amides is 1. The maximum Gasteiger partial charge on any atom is 0.343 e. The molecule has 0 aromatic heterocycles. The number of carbonyl (C=O) groups is 4. The largest absolute Gasteiger partial charge is 0.494 e. The number of anilines is 1. The van der Waals surface area contributed by atoms with Crippen LogP contribution < -0.4 is 29.0 Å². The van der Waals surface area contributed by atoms with Crippen molar-refractivity contribution in [2.45, 2.75) is 46.5 Å². The number of nitrogens with one attached hydrogen (secondary N) is 1. The third kappa shape index (κ3) is 10.7. The van der Waals surface area contributed by atoms with E-state index >= 15 is 0 Å². The molecular formula is C37H37NO9. The minimum absolute atomic E-state index is 0.0229. The topological polar surface area (TPSA) is 126 Å². The maximum absolute atomic E-state index is 13.1. The Balaban J connectivity index is 1.57. The SMILES string of the molecule is CCCCOc1cccc(C(=O)Oc2cc(NC(=O)c3ccc(OC(C)=O)cc3)cc(OC(=O)c3cccc(OCCCC)c3)c2)c1. The molecule has 47 heavy (non-hydrogen) atoms. The summed E-state index contributed by atoms with van der Waals surface area (Å²) >= 11 is 0. The first-order chi connectivity index (χ1) is 22.7. The second-order valence-electron chi connectivity index (χ2n) is 10.5. The zero-order valence-corrected chi connectivity index (χ0v) is 26.6. The molecule has 244 valence electrons. The number of benzene rings is 4. The second-order valence-corrected chi connectivity index (χ2v) is 10.5. The predicted molar refractivity (Wildman–Crippen MR) is 176 cm³/mol. The molecule has 0 saturated carbocycles. The van der Waals surface area contributed by atoms with Crippen LogP contribution in [0.3, 0.4) is 0 Å². The quantitative estimate of drug-likeness (QED) is 0.0792. The third-order valence-corrected chi connectivity index (χ3v) is 6.61. The van der Waals surface area contributed by atoms with Gasteiger partial charge in [-0.2, -0.15) is 0 Å². The summed E-state index contributed by atoms with van der Waals surface area (Å²) in [6.45, 7) is 6.43. The zero-order chi connectivity index (χ0) is 33.6. The Morgan fingerprint density at radius 1 is 0.553 bits per heavy atom. The summed E-state index contributed by atoms with van der Waals surface area (Å²) in [5, 5.41) is 2.73. The molecule has 1 amide bonds. The number of hydrogen-bond donors (Lipinski definition) is 1. The highest BCUT2D eigenvalue weighted by Gasteiger charge is 2.17. The fraction of sp³-hybridized carbons (Fsp3) is 0.243. The monoisotopic (exact) mass is 639 g/mol. The minimum atomic E-state index is -0.676. The van der Waals surface area contributed by atoms with Crippen molar-refractivity contribution < 1.29 is 42.9 Å². The highest BCUT2D eigenvalue weighted by atomic mass is 16.5. The van der Waals surface area contributed by atoms with E-state index in [0.29, 0.717) is 24.7 Å². The molecule has 10 nitrogen and oxygen atoms in total. The first-order valence-corrected chi connectivity index (χ1v) is 15.4. The number of carbonyl (C=O) groups excluding carboxylic acids is 4. The highest BCUT2D eigenvalue weighted by molar-refractivity contribution is 6.04. The summed E-state index contributed by atoms with van der Waals surface area (Å²) in [4.78, 5) is 50.6. The smallest absolute Gasteiger partial charge is 0.343 e. The van der Waals surface area contributed by atoms with Gasteiger partial charge in [-0.05, 0) is 73.5 Å². The number of esters is 3. The molecule has 1 N–H and O–H groups in total. The van der Waals surface area contributed by atoms with E-state index in [9.17, 15) is 19.2 Å². The fourth-order valence-electron chi connectivity index (χ4n) is 4.23. The van der Waals surface area contributed by atoms with Gasteiger partial charge in [0, 0.05) is 36.4 Å². The molecular weight excluding hydrogens is 602 g/mol. The Labute approximate surface area is 273 Å². The van der Waals surface area contributed by atoms with Gasteiger partial charge in [-0.15, -0.1) is 0 Å². The second kappa shape index (κ2) is 17.2. The van der Waals surface area contributed by atoms with Crippen LogP contribution in [0, 0.1) is 0 Å². The Kier molecular flexibility index (Phi) is 12.5. The molecule has 0 aliphatic heterocycles. The van der Waals surface area contributed by atoms with Crippen LogP contribution in [-0.2, 0) is 4.79 Å². The number of unbranched alkanes of at least 4 members (excludes halogenated alkanes) is 2. The van der Waals surface area contributed by atoms with Crippen molar-refractivity contribution >= 4 is 29.5 Å². The Morgan fingerprint density at radius 3 is 1.53 bits per heavy atom. The van der Waals surface area contributed by atoms with E-state index in [2.05, 4.69) is 19.2 Å². The van der Waals surface area contributed by atoms with Crippen molar-refractivity contribution in [3.63, 3.8) is 0 Å². The summed E-state index contributed by atoms with van der Waals surface area (Å²) in [5.41, 5.74) is 0.960. The van der Waals surface area contributed by atoms with Gasteiger partial charge in [-0.25, -0.2) is 9.59 Å². The van der Waals surface area contributed by atoms with E-state index in [1.807, 2.05) is 0 Å². The normalized spacial score (nSPS) is 10.4. The first-order valence-electron chi connectivity index (χ1n) is 15.4. The third-order valence-electron chi connectivity index (χ3n) is 6.61. The average molecular weight is 640 g/mol. The molecule has 4 rings (SSSR count). The lowest BCUT2D eigenvalue weighted by molar-refractivity contribution is -0.131. The standard InChI is InChI=1S/C37H37NO9/c1-4-6-18-43-31-12-8-10-27(20-31)36(41)46-33-22-29(38-35(40)26-14-16-30(17-15-26)45-25(3)39)23-34(24-33)47-37(42)28-11-9-13-32(21-28)44-19-7-5-2/h8-17,20-24H,4-7,18-19H2,1-3H3,(H,38,40). The summed E-state index contributed by atoms with van der Waals surface area (Å²) in [5.74, 6) is -0.944. The van der Waals surface area contributed by atoms with Crippen molar-refractivity contribution in [3.05, 3.63) is 108 Å². The minimum Gasteiger partial charge on any atom is -0.494 e. The molecule has 0 spiro atoms. The highest BCUT2D eigenvalue weighted by Crippen LogP contribution is 2.29. The van der Waals surface area contributed by atoms with Gasteiger partial charge in [-0.1, -0.05) is 38.8 Å². The summed E-state index contributed by atoms with van der Waals surface area (Å²) in [6.07, 6.45) is 3.70. The van der Waals surface area contributed by atoms with Crippen LogP contribution in [0.1, 0.15) is 77.5 Å². The van der Waals surface area contributed by atoms with Crippen molar-refractivity contribution in [1.29, 1.82) is 0 Å². The predicted octanol–water partition coefficient (Wildman–Crippen LogP) is 7.66. The molecule has 0 aliphatic carbocycles. The summed E-state index contributed by atoms with van der Waals surface area (Å²) in [6, 6.07) is 23.4. The van der Waals surface area contributed by atoms with Crippen LogP contribution in [-0.4, -0.2) is 37.0 Å². The van der Waals surface area contributed by atoms with Crippen LogP contribution in [0.15, 0.2) is 91.0 Å². The molecule has 0 bridgehead atoms. The molecule has 10 heteroatoms. The molecule has 4 aromatic rings. The lowest BCUT2D eigenvalue weighted by atomic mass is 10.2. The lowest BCUT2D eigenvalue weighted by Crippen LogP contribution is -2.14. The Bertz CT molecular complexity index is 1610. The van der Waals surface area contributed by atoms with Crippen LogP contribution >= 0.6 is 0 Å². The van der Waals surface area contributed by atoms with E-state index in [4.69, 9.17) is 23.7 Å². The molecule has 4 aromatic carbocycles. The van der Waals surface area contributed by atoms with Crippen molar-refractivity contribution in [2.24, 2.45) is 0 Å². The van der Waals surface area contributed by atoms with Crippen molar-refractivity contribution in [2.75, 3.05) is 18.5 Å². The first kappa shape index (κ1) is 34.2. The number of ether oxygens (including phenoxy) is 5. The van der Waals surface area contributed by atoms with Crippen LogP contribution in [0.2, 0.25) is 0 Å². The zero-order valence-electron chi connectivity index (χ0n) is 26.6. The molecule has 0 radical (unpaired) electrons. The van der Waals surface area contributed by atoms with Gasteiger partial charge in [0.1, 0.15) is 28.7 Å². The van der Waals surface area contributed by atoms with Gasteiger partial charge in [0.05, 0.1) is 24.3 Å². The van der Waals surface area contributed by atoms with Gasteiger partial charge < -0.3 is 29.0 Å². The molecule has 0 saturated heterocycles. The summed E-state index contributed by atoms with van der Waals surface area (Å²) in [7, 11) is 0.